The summed E-state index contributed by atoms with van der Waals surface area (Å²) in [7, 11) is 0. The number of amides is 6. The van der Waals surface area contributed by atoms with Gasteiger partial charge in [-0.25, -0.2) is 19.2 Å². The van der Waals surface area contributed by atoms with Crippen molar-refractivity contribution in [3.63, 3.8) is 0 Å². The van der Waals surface area contributed by atoms with Gasteiger partial charge in [-0.2, -0.15) is 0 Å². The lowest BCUT2D eigenvalue weighted by molar-refractivity contribution is -0.140. The van der Waals surface area contributed by atoms with Crippen LogP contribution in [0, 0.1) is 11.8 Å². The summed E-state index contributed by atoms with van der Waals surface area (Å²) in [5, 5.41) is 10.5. The number of nitrogens with one attached hydrogen (secondary N) is 2. The summed E-state index contributed by atoms with van der Waals surface area (Å²) in [5.41, 5.74) is 3.78. The van der Waals surface area contributed by atoms with Crippen LogP contribution < -0.4 is 29.6 Å². The molecule has 15 rings (SSSR count). The van der Waals surface area contributed by atoms with E-state index in [1.165, 1.54) is 24.3 Å². The van der Waals surface area contributed by atoms with E-state index in [2.05, 4.69) is 36.9 Å². The van der Waals surface area contributed by atoms with Crippen LogP contribution in [0.15, 0.2) is 257 Å². The zero-order valence-corrected chi connectivity index (χ0v) is 74.7. The van der Waals surface area contributed by atoms with Crippen molar-refractivity contribution in [3.05, 3.63) is 301 Å². The molecule has 0 aliphatic carbocycles. The summed E-state index contributed by atoms with van der Waals surface area (Å²) in [6.45, 7) is 22.6. The largest absolute Gasteiger partial charge is 0.460 e. The average molecular weight is 1810 g/mol. The number of ether oxygens (including phenoxy) is 12. The summed E-state index contributed by atoms with van der Waals surface area (Å²) in [6.07, 6.45) is 6.53. The van der Waals surface area contributed by atoms with Crippen LogP contribution >= 0.6 is 0 Å². The maximum atomic E-state index is 16.9. The molecule has 0 spiro atoms. The van der Waals surface area contributed by atoms with E-state index in [-0.39, 0.29) is 191 Å². The van der Waals surface area contributed by atoms with Gasteiger partial charge in [-0.3, -0.25) is 38.6 Å². The van der Waals surface area contributed by atoms with Crippen LogP contribution in [0.25, 0.3) is 64.6 Å². The number of carbonyl (C=O) groups excluding carboxylic acids is 10. The Balaban J connectivity index is 0.998. The lowest BCUT2D eigenvalue weighted by Gasteiger charge is -2.37. The molecule has 2 aliphatic heterocycles. The molecule has 4 unspecified atom stereocenters. The Bertz CT molecular complexity index is 6000. The van der Waals surface area contributed by atoms with Crippen molar-refractivity contribution in [2.24, 2.45) is 11.8 Å². The van der Waals surface area contributed by atoms with Gasteiger partial charge in [0.05, 0.1) is 75.1 Å². The molecule has 13 aromatic carbocycles. The molecule has 684 valence electrons. The quantitative estimate of drug-likeness (QED) is 0.00681. The van der Waals surface area contributed by atoms with Crippen molar-refractivity contribution in [2.75, 3.05) is 89.9 Å². The molecule has 13 aromatic rings. The third-order valence-electron chi connectivity index (χ3n) is 23.8. The Labute approximate surface area is 773 Å². The maximum Gasteiger partial charge on any atom is 0.330 e. The molecule has 2 heterocycles. The number of hydrogen-bond donors (Lipinski definition) is 2. The summed E-state index contributed by atoms with van der Waals surface area (Å²) in [4.78, 5) is 149. The van der Waals surface area contributed by atoms with Gasteiger partial charge in [-0.05, 0) is 155 Å². The first-order chi connectivity index (χ1) is 65.2. The minimum Gasteiger partial charge on any atom is -0.460 e. The number of esters is 4. The molecule has 26 heteroatoms. The van der Waals surface area contributed by atoms with E-state index in [9.17, 15) is 19.2 Å². The topological polar surface area (TPSA) is 312 Å². The predicted molar refractivity (Wildman–Crippen MR) is 509 cm³/mol. The Morgan fingerprint density at radius 3 is 0.821 bits per heavy atom. The Hall–Kier alpha value is -15.2. The van der Waals surface area contributed by atoms with E-state index in [4.69, 9.17) is 56.8 Å². The van der Waals surface area contributed by atoms with Gasteiger partial charge in [0.15, 0.2) is 0 Å². The third kappa shape index (κ3) is 20.7. The van der Waals surface area contributed by atoms with E-state index in [0.29, 0.717) is 60.7 Å². The number of imide groups is 2. The molecule has 26 nitrogen and oxygen atoms in total. The van der Waals surface area contributed by atoms with Crippen LogP contribution in [0.2, 0.25) is 0 Å². The van der Waals surface area contributed by atoms with Crippen LogP contribution in [0.4, 0.5) is 11.4 Å². The lowest BCUT2D eigenvalue weighted by Crippen LogP contribution is -2.55. The van der Waals surface area contributed by atoms with Gasteiger partial charge in [0.25, 0.3) is 23.6 Å². The maximum absolute atomic E-state index is 16.9. The number of rotatable bonds is 46. The average Bonchev–Trinajstić information content (AvgIpc) is 0.668. The van der Waals surface area contributed by atoms with Gasteiger partial charge in [0, 0.05) is 89.5 Å². The highest BCUT2D eigenvalue weighted by Crippen LogP contribution is 2.59. The molecule has 0 saturated heterocycles. The van der Waals surface area contributed by atoms with Gasteiger partial charge in [0.1, 0.15) is 84.5 Å². The monoisotopic (exact) mass is 1800 g/mol. The van der Waals surface area contributed by atoms with Crippen LogP contribution in [-0.4, -0.2) is 160 Å². The molecule has 0 saturated carbocycles. The second-order valence-corrected chi connectivity index (χ2v) is 32.3. The molecule has 134 heavy (non-hydrogen) atoms. The van der Waals surface area contributed by atoms with Crippen molar-refractivity contribution in [1.82, 2.24) is 9.80 Å². The Kier molecular flexibility index (Phi) is 30.1. The van der Waals surface area contributed by atoms with Gasteiger partial charge in [-0.1, -0.05) is 188 Å². The SMILES string of the molecule is C=CC(=O)OCCOCCc1ccc(Oc2cc3c4c(cc(Oc5ccc(CCOCCOC(=O)C=C)cc5)c5c6c(Oc7ccc(CCOCCOC(=O)C=C)cc7)cc7c8c(cc(Oc9ccc(CCOCCOC(=O)C=C)cc9)c(c2c45)c86)C(=O)N(C(C(=O)Nc2cccc4ccccc24)C(C)CC)C7=O)C(=O)N(C(C(=O)Nc2cccc4ccccc24)C(C)CC)C3=O)cc1. The zero-order valence-electron chi connectivity index (χ0n) is 74.7. The van der Waals surface area contributed by atoms with Crippen molar-refractivity contribution >= 4 is 135 Å². The van der Waals surface area contributed by atoms with Gasteiger partial charge in [-0.15, -0.1) is 0 Å². The van der Waals surface area contributed by atoms with Crippen LogP contribution in [0.1, 0.15) is 104 Å². The standard InChI is InChI=1S/C108H100N4O22/c1-9-65(7)101(103(117)109-83-27-19-23-71-21-15-17-25-77(71)83)111-105(119)79-61-85(131-73-37-29-67(30-38-73)45-49-123-53-57-127-89(113)11-3)95-97-87(133-75-41-33-69(34-42-75)47-51-125-55-59-129-91(115)13-5)63-81-94-82(108(122)112(107(81)121)102(66(8)10-2)104(118)110-84-28-20-24-72-22-16-18-26-78(72)84)64-88(134-76-43-35-70(36-44-76)48-52-126-56-60-130-92(116)14-6)98(100(94)97)96-86(62-80(106(111)120)93(79)99(95)96)132-74-39-31-68(32-40-74)46-50-124-54-58-128-90(114)12-4/h11-44,61-66,101-102H,3-6,9-10,45-60H2,1-2,7-8H3,(H,109,117)(H,110,118). The second kappa shape index (κ2) is 43.2. The molecule has 0 radical (unpaired) electrons. The van der Waals surface area contributed by atoms with Gasteiger partial charge in [0.2, 0.25) is 11.8 Å². The summed E-state index contributed by atoms with van der Waals surface area (Å²) in [5.74, 6) is -7.68. The van der Waals surface area contributed by atoms with E-state index in [1.807, 2.05) is 123 Å². The number of carbonyl (C=O) groups is 10. The van der Waals surface area contributed by atoms with Crippen molar-refractivity contribution < 1.29 is 105 Å². The number of nitrogens with zero attached hydrogens (tertiary/aromatic N) is 2. The Morgan fingerprint density at radius 1 is 0.313 bits per heavy atom. The highest BCUT2D eigenvalue weighted by atomic mass is 16.6. The molecule has 0 bridgehead atoms. The molecule has 0 aromatic heterocycles. The van der Waals surface area contributed by atoms with Gasteiger partial charge >= 0.3 is 23.9 Å². The summed E-state index contributed by atoms with van der Waals surface area (Å²) in [6, 6.07) is 57.7. The lowest BCUT2D eigenvalue weighted by atomic mass is 9.80. The summed E-state index contributed by atoms with van der Waals surface area (Å²) >= 11 is 0. The minimum atomic E-state index is -1.48. The van der Waals surface area contributed by atoms with E-state index < -0.39 is 83.2 Å². The molecular weight excluding hydrogens is 1710 g/mol. The first kappa shape index (κ1) is 93.5. The fraction of sp³-hybridized carbons (Fsp3) is 0.241. The molecule has 4 atom stereocenters. The third-order valence-corrected chi connectivity index (χ3v) is 23.8. The predicted octanol–water partition coefficient (Wildman–Crippen LogP) is 19.7. The molecule has 2 N–H and O–H groups in total. The second-order valence-electron chi connectivity index (χ2n) is 32.3. The van der Waals surface area contributed by atoms with Crippen molar-refractivity contribution in [2.45, 2.75) is 78.3 Å². The first-order valence-electron chi connectivity index (χ1n) is 44.4. The molecule has 2 aliphatic rings. The van der Waals surface area contributed by atoms with Crippen molar-refractivity contribution in [1.29, 1.82) is 0 Å². The normalized spacial score (nSPS) is 13.2. The van der Waals surface area contributed by atoms with Crippen molar-refractivity contribution in [3.8, 4) is 46.0 Å². The highest BCUT2D eigenvalue weighted by Gasteiger charge is 2.48. The fourth-order valence-corrected chi connectivity index (χ4v) is 16.8. The zero-order chi connectivity index (χ0) is 94.1. The molecule has 6 amide bonds. The number of hydrogen-bond acceptors (Lipinski definition) is 22. The number of anilines is 2. The Morgan fingerprint density at radius 2 is 0.567 bits per heavy atom. The van der Waals surface area contributed by atoms with Gasteiger partial charge < -0.3 is 67.5 Å². The first-order valence-corrected chi connectivity index (χ1v) is 44.4. The minimum absolute atomic E-state index is 0.00648. The summed E-state index contributed by atoms with van der Waals surface area (Å²) < 4.78 is 73.8. The van der Waals surface area contributed by atoms with Crippen LogP contribution in [0.3, 0.4) is 0 Å². The number of fused-ring (bicyclic) bond motifs is 4. The van der Waals surface area contributed by atoms with E-state index in [0.717, 1.165) is 67.1 Å². The smallest absolute Gasteiger partial charge is 0.330 e. The highest BCUT2D eigenvalue weighted by molar-refractivity contribution is 6.45. The molecule has 0 fully saturated rings. The van der Waals surface area contributed by atoms with E-state index >= 15 is 28.8 Å². The van der Waals surface area contributed by atoms with Crippen LogP contribution in [-0.2, 0) is 92.3 Å². The van der Waals surface area contributed by atoms with Crippen LogP contribution in [0.5, 0.6) is 46.0 Å². The molecular formula is C108H100N4O22. The van der Waals surface area contributed by atoms with E-state index in [1.54, 1.807) is 86.6 Å². The fourth-order valence-electron chi connectivity index (χ4n) is 16.8. The number of benzene rings is 13.